The van der Waals surface area contributed by atoms with E-state index in [9.17, 15) is 19.5 Å². The van der Waals surface area contributed by atoms with Crippen LogP contribution < -0.4 is 25.4 Å². The number of methoxy groups -OCH3 is 2. The number of carbonyl (C=O) groups excluding carboxylic acids is 3. The number of nitrogens with one attached hydrogen (secondary N) is 3. The van der Waals surface area contributed by atoms with Crippen molar-refractivity contribution >= 4 is 17.9 Å². The van der Waals surface area contributed by atoms with Gasteiger partial charge in [0, 0.05) is 45.2 Å². The molecule has 44 heavy (non-hydrogen) atoms. The van der Waals surface area contributed by atoms with E-state index in [1.165, 1.54) is 0 Å². The van der Waals surface area contributed by atoms with Crippen molar-refractivity contribution in [2.75, 3.05) is 40.5 Å². The molecule has 1 rings (SSSR count). The summed E-state index contributed by atoms with van der Waals surface area (Å²) in [4.78, 5) is 38.7. The summed E-state index contributed by atoms with van der Waals surface area (Å²) < 4.78 is 21.7. The molecule has 0 saturated carbocycles. The van der Waals surface area contributed by atoms with E-state index in [4.69, 9.17) is 18.9 Å². The molecule has 11 heteroatoms. The fraction of sp³-hybridized carbons (Fsp3) is 0.727. The number of benzene rings is 1. The summed E-state index contributed by atoms with van der Waals surface area (Å²) in [5, 5.41) is 20.0. The van der Waals surface area contributed by atoms with Crippen LogP contribution in [0.4, 0.5) is 4.79 Å². The van der Waals surface area contributed by atoms with E-state index in [0.717, 1.165) is 12.8 Å². The number of alkyl carbamates (subject to hydrolysis) is 1. The van der Waals surface area contributed by atoms with Crippen LogP contribution in [0.3, 0.4) is 0 Å². The molecule has 0 heterocycles. The minimum Gasteiger partial charge on any atom is -0.497 e. The summed E-state index contributed by atoms with van der Waals surface area (Å²) in [5.74, 6) is 0.0501. The van der Waals surface area contributed by atoms with Gasteiger partial charge in [0.1, 0.15) is 17.1 Å². The molecule has 0 fully saturated rings. The molecule has 4 N–H and O–H groups in total. The van der Waals surface area contributed by atoms with Crippen molar-refractivity contribution in [3.05, 3.63) is 23.8 Å². The second kappa shape index (κ2) is 20.1. The van der Waals surface area contributed by atoms with Crippen LogP contribution in [-0.4, -0.2) is 81.3 Å². The first-order valence-electron chi connectivity index (χ1n) is 15.8. The lowest BCUT2D eigenvalue weighted by Gasteiger charge is -2.32. The Labute approximate surface area is 264 Å². The summed E-state index contributed by atoms with van der Waals surface area (Å²) in [7, 11) is 3.17. The van der Waals surface area contributed by atoms with E-state index in [-0.39, 0.29) is 36.6 Å². The number of aliphatic hydroxyl groups is 1. The van der Waals surface area contributed by atoms with Crippen molar-refractivity contribution in [3.63, 3.8) is 0 Å². The van der Waals surface area contributed by atoms with Crippen molar-refractivity contribution in [2.24, 2.45) is 17.8 Å². The Bertz CT molecular complexity index is 1010. The zero-order valence-electron chi connectivity index (χ0n) is 28.3. The molecule has 0 bridgehead atoms. The normalized spacial score (nSPS) is 14.2. The highest BCUT2D eigenvalue weighted by molar-refractivity contribution is 5.97. The summed E-state index contributed by atoms with van der Waals surface area (Å²) >= 11 is 0. The van der Waals surface area contributed by atoms with Gasteiger partial charge in [0.15, 0.2) is 0 Å². The van der Waals surface area contributed by atoms with Crippen LogP contribution >= 0.6 is 0 Å². The van der Waals surface area contributed by atoms with Crippen molar-refractivity contribution in [3.8, 4) is 11.5 Å². The molecule has 0 radical (unpaired) electrons. The first kappa shape index (κ1) is 39.0. The SMILES string of the molecule is CCCCNC(=O)[C@H](C)C[C@H](O)[C@H](C[C@H](CNC(=O)c1ccc(OC)cc1OCCCOC)C(C)C)NC(=O)OC(C)(C)C. The van der Waals surface area contributed by atoms with E-state index < -0.39 is 29.8 Å². The van der Waals surface area contributed by atoms with Gasteiger partial charge in [0.25, 0.3) is 5.91 Å². The molecule has 0 aliphatic heterocycles. The topological polar surface area (TPSA) is 144 Å². The minimum absolute atomic E-state index is 0.0980. The van der Waals surface area contributed by atoms with E-state index in [1.807, 2.05) is 20.8 Å². The Morgan fingerprint density at radius 2 is 1.68 bits per heavy atom. The molecular formula is C33H57N3O8. The van der Waals surface area contributed by atoms with Gasteiger partial charge in [-0.1, -0.05) is 34.1 Å². The number of rotatable bonds is 20. The van der Waals surface area contributed by atoms with Gasteiger partial charge in [-0.15, -0.1) is 0 Å². The molecule has 1 aromatic rings. The highest BCUT2D eigenvalue weighted by Crippen LogP contribution is 2.26. The highest BCUT2D eigenvalue weighted by atomic mass is 16.6. The second-order valence-corrected chi connectivity index (χ2v) is 12.6. The molecule has 0 aliphatic rings. The number of hydrogen-bond donors (Lipinski definition) is 4. The van der Waals surface area contributed by atoms with E-state index in [2.05, 4.69) is 16.0 Å². The van der Waals surface area contributed by atoms with Crippen LogP contribution in [0, 0.1) is 17.8 Å². The number of aliphatic hydroxyl groups excluding tert-OH is 1. The molecule has 11 nitrogen and oxygen atoms in total. The predicted molar refractivity (Wildman–Crippen MR) is 171 cm³/mol. The minimum atomic E-state index is -1.01. The van der Waals surface area contributed by atoms with Crippen LogP contribution in [-0.2, 0) is 14.3 Å². The zero-order valence-corrected chi connectivity index (χ0v) is 28.3. The van der Waals surface area contributed by atoms with Crippen molar-refractivity contribution in [1.29, 1.82) is 0 Å². The maximum absolute atomic E-state index is 13.3. The lowest BCUT2D eigenvalue weighted by molar-refractivity contribution is -0.125. The fourth-order valence-corrected chi connectivity index (χ4v) is 4.53. The number of ether oxygens (including phenoxy) is 4. The van der Waals surface area contributed by atoms with Crippen LogP contribution in [0.25, 0.3) is 0 Å². The molecule has 252 valence electrons. The van der Waals surface area contributed by atoms with Crippen molar-refractivity contribution in [2.45, 2.75) is 98.3 Å². The molecule has 0 saturated heterocycles. The van der Waals surface area contributed by atoms with Gasteiger partial charge in [-0.2, -0.15) is 0 Å². The van der Waals surface area contributed by atoms with Gasteiger partial charge >= 0.3 is 6.09 Å². The highest BCUT2D eigenvalue weighted by Gasteiger charge is 2.31. The molecule has 4 atom stereocenters. The Morgan fingerprint density at radius 1 is 0.977 bits per heavy atom. The first-order chi connectivity index (χ1) is 20.7. The predicted octanol–water partition coefficient (Wildman–Crippen LogP) is 4.70. The van der Waals surface area contributed by atoms with E-state index in [0.29, 0.717) is 49.7 Å². The van der Waals surface area contributed by atoms with Crippen molar-refractivity contribution < 1.29 is 38.4 Å². The maximum atomic E-state index is 13.3. The molecule has 0 spiro atoms. The van der Waals surface area contributed by atoms with E-state index in [1.54, 1.807) is 60.1 Å². The lowest BCUT2D eigenvalue weighted by atomic mass is 9.85. The number of carbonyl (C=O) groups is 3. The largest absolute Gasteiger partial charge is 0.497 e. The monoisotopic (exact) mass is 623 g/mol. The van der Waals surface area contributed by atoms with Gasteiger partial charge in [-0.3, -0.25) is 9.59 Å². The number of unbranched alkanes of at least 4 members (excludes halogenated alkanes) is 1. The number of amides is 3. The Balaban J connectivity index is 3.06. The average molecular weight is 624 g/mol. The molecule has 0 aromatic heterocycles. The summed E-state index contributed by atoms with van der Waals surface area (Å²) in [6.45, 7) is 14.9. The third-order valence-electron chi connectivity index (χ3n) is 7.25. The average Bonchev–Trinajstić information content (AvgIpc) is 2.95. The standard InChI is InChI=1S/C33H57N3O8/c1-10-11-15-34-30(38)23(4)18-28(37)27(36-32(40)44-33(5,6)7)19-24(22(2)3)21-35-31(39)26-14-13-25(42-9)20-29(26)43-17-12-16-41-8/h13-14,20,22-24,27-28,37H,10-12,15-19,21H2,1-9H3,(H,34,38)(H,35,39)(H,36,40)/t23-,24-,27+,28+/m1/s1. The Morgan fingerprint density at radius 3 is 2.27 bits per heavy atom. The fourth-order valence-electron chi connectivity index (χ4n) is 4.53. The van der Waals surface area contributed by atoms with Crippen LogP contribution in [0.1, 0.15) is 90.9 Å². The lowest BCUT2D eigenvalue weighted by Crippen LogP contribution is -2.49. The van der Waals surface area contributed by atoms with Gasteiger partial charge in [0.05, 0.1) is 31.4 Å². The van der Waals surface area contributed by atoms with Gasteiger partial charge in [0.2, 0.25) is 5.91 Å². The summed E-state index contributed by atoms with van der Waals surface area (Å²) in [5.41, 5.74) is -0.351. The smallest absolute Gasteiger partial charge is 0.407 e. The second-order valence-electron chi connectivity index (χ2n) is 12.6. The first-order valence-corrected chi connectivity index (χ1v) is 15.8. The number of hydrogen-bond acceptors (Lipinski definition) is 8. The maximum Gasteiger partial charge on any atom is 0.407 e. The molecule has 3 amide bonds. The van der Waals surface area contributed by atoms with Crippen LogP contribution in [0.15, 0.2) is 18.2 Å². The molecule has 1 aromatic carbocycles. The van der Waals surface area contributed by atoms with Gasteiger partial charge < -0.3 is 40.0 Å². The van der Waals surface area contributed by atoms with Gasteiger partial charge in [-0.25, -0.2) is 4.79 Å². The third kappa shape index (κ3) is 15.1. The third-order valence-corrected chi connectivity index (χ3v) is 7.25. The van der Waals surface area contributed by atoms with Gasteiger partial charge in [-0.05, 0) is 64.0 Å². The van der Waals surface area contributed by atoms with E-state index >= 15 is 0 Å². The quantitative estimate of drug-likeness (QED) is 0.153. The van der Waals surface area contributed by atoms with Crippen molar-refractivity contribution in [1.82, 2.24) is 16.0 Å². The Kier molecular flexibility index (Phi) is 17.8. The molecular weight excluding hydrogens is 566 g/mol. The van der Waals surface area contributed by atoms with Crippen LogP contribution in [0.5, 0.6) is 11.5 Å². The zero-order chi connectivity index (χ0) is 33.3. The Hall–Kier alpha value is -3.05. The van der Waals surface area contributed by atoms with Crippen LogP contribution in [0.2, 0.25) is 0 Å². The molecule has 0 unspecified atom stereocenters. The summed E-state index contributed by atoms with van der Waals surface area (Å²) in [6, 6.07) is 4.33. The molecule has 0 aliphatic carbocycles. The summed E-state index contributed by atoms with van der Waals surface area (Å²) in [6.07, 6.45) is 1.35.